The summed E-state index contributed by atoms with van der Waals surface area (Å²) in [6.07, 6.45) is -6.21. The highest BCUT2D eigenvalue weighted by atomic mass is 35.5. The minimum absolute atomic E-state index is 0.0583. The highest BCUT2D eigenvalue weighted by Gasteiger charge is 2.78. The van der Waals surface area contributed by atoms with Gasteiger partial charge in [-0.3, -0.25) is 0 Å². The maximum atomic E-state index is 13.4. The molecule has 4 N–H and O–H groups in total. The fourth-order valence-corrected chi connectivity index (χ4v) is 8.55. The zero-order valence-electron chi connectivity index (χ0n) is 20.5. The maximum absolute atomic E-state index is 13.4. The molecule has 8 unspecified atom stereocenters. The quantitative estimate of drug-likeness (QED) is 0.308. The second-order valence-electron chi connectivity index (χ2n) is 11.8. The van der Waals surface area contributed by atoms with Gasteiger partial charge in [0.15, 0.2) is 5.60 Å². The molecule has 1 spiro atoms. The van der Waals surface area contributed by atoms with E-state index in [4.69, 9.17) is 30.8 Å². The molecule has 8 atom stereocenters. The monoisotopic (exact) mass is 564 g/mol. The zero-order chi connectivity index (χ0) is 27.1. The van der Waals surface area contributed by atoms with Crippen LogP contribution in [0.4, 0.5) is 13.2 Å². The van der Waals surface area contributed by atoms with Crippen molar-refractivity contribution in [1.29, 1.82) is 0 Å². The molecule has 12 heteroatoms. The largest absolute Gasteiger partial charge is 0.488 e. The number of ether oxygens (including phenoxy) is 2. The molecule has 1 aliphatic heterocycles. The molecule has 4 bridgehead atoms. The average molecular weight is 565 g/mol. The third kappa shape index (κ3) is 4.08. The van der Waals surface area contributed by atoms with Crippen LogP contribution in [0, 0.1) is 23.7 Å². The van der Waals surface area contributed by atoms with Crippen molar-refractivity contribution in [2.24, 2.45) is 23.7 Å². The summed E-state index contributed by atoms with van der Waals surface area (Å²) in [6.45, 7) is -1.96. The number of aliphatic hydroxyl groups excluding tert-OH is 4. The maximum Gasteiger partial charge on any atom is 0.411 e. The Labute approximate surface area is 222 Å². The summed E-state index contributed by atoms with van der Waals surface area (Å²) in [5.74, 6) is -2.29. The van der Waals surface area contributed by atoms with Gasteiger partial charge in [0.1, 0.15) is 30.7 Å². The van der Waals surface area contributed by atoms with Crippen LogP contribution in [0.1, 0.15) is 44.1 Å². The Morgan fingerprint density at radius 2 is 1.68 bits per heavy atom. The molecule has 6 aliphatic rings. The van der Waals surface area contributed by atoms with E-state index in [1.807, 2.05) is 0 Å². The summed E-state index contributed by atoms with van der Waals surface area (Å²) in [4.78, 5) is 11.0. The number of aliphatic hydroxyl groups is 4. The molecule has 7 rings (SSSR count). The third-order valence-electron chi connectivity index (χ3n) is 9.41. The van der Waals surface area contributed by atoms with Crippen molar-refractivity contribution in [2.75, 3.05) is 13.2 Å². The van der Waals surface area contributed by atoms with Gasteiger partial charge in [0.2, 0.25) is 0 Å². The first-order valence-electron chi connectivity index (χ1n) is 13.1. The summed E-state index contributed by atoms with van der Waals surface area (Å²) in [6, 6.07) is 6.25. The number of benzene rings is 1. The van der Waals surface area contributed by atoms with Crippen LogP contribution in [-0.4, -0.2) is 74.7 Å². The first-order chi connectivity index (χ1) is 17.9. The van der Waals surface area contributed by atoms with E-state index in [1.54, 1.807) is 18.2 Å². The van der Waals surface area contributed by atoms with Gasteiger partial charge >= 0.3 is 6.18 Å². The summed E-state index contributed by atoms with van der Waals surface area (Å²) in [7, 11) is 0. The van der Waals surface area contributed by atoms with Gasteiger partial charge in [0.05, 0.1) is 6.10 Å². The van der Waals surface area contributed by atoms with Gasteiger partial charge in [-0.25, -0.2) is 4.89 Å². The van der Waals surface area contributed by atoms with Crippen molar-refractivity contribution in [3.8, 4) is 5.75 Å². The van der Waals surface area contributed by atoms with Crippen molar-refractivity contribution in [3.63, 3.8) is 0 Å². The number of halogens is 4. The fraction of sp³-hybridized carbons (Fsp3) is 0.769. The van der Waals surface area contributed by atoms with E-state index in [0.29, 0.717) is 18.8 Å². The molecule has 1 aromatic rings. The molecule has 1 aromatic carbocycles. The first-order valence-corrected chi connectivity index (χ1v) is 13.5. The van der Waals surface area contributed by atoms with Crippen LogP contribution in [0.5, 0.6) is 5.75 Å². The SMILES string of the molecule is OCC1CC(Oc2cccc(C3(OCC(F)(F)F)OOC34C3CC5CC4CC(Cl)(C5)C3)c2)C(O)C(O)C1O. The van der Waals surface area contributed by atoms with Gasteiger partial charge in [0.25, 0.3) is 5.79 Å². The molecule has 1 heterocycles. The molecule has 0 aromatic heterocycles. The average Bonchev–Trinajstić information content (AvgIpc) is 2.82. The first kappa shape index (κ1) is 27.0. The molecular weight excluding hydrogens is 533 g/mol. The van der Waals surface area contributed by atoms with Gasteiger partial charge in [-0.15, -0.1) is 11.6 Å². The van der Waals surface area contributed by atoms with Crippen molar-refractivity contribution in [2.45, 2.75) is 85.4 Å². The zero-order valence-corrected chi connectivity index (χ0v) is 21.3. The minimum Gasteiger partial charge on any atom is -0.488 e. The predicted octanol–water partition coefficient (Wildman–Crippen LogP) is 2.78. The number of hydrogen-bond donors (Lipinski definition) is 4. The molecule has 5 saturated carbocycles. The van der Waals surface area contributed by atoms with Gasteiger partial charge < -0.3 is 29.9 Å². The molecular formula is C26H32ClF3O8. The van der Waals surface area contributed by atoms with Crippen LogP contribution >= 0.6 is 11.6 Å². The Bertz CT molecular complexity index is 1040. The van der Waals surface area contributed by atoms with Crippen molar-refractivity contribution in [3.05, 3.63) is 29.8 Å². The predicted molar refractivity (Wildman–Crippen MR) is 125 cm³/mol. The highest BCUT2D eigenvalue weighted by molar-refractivity contribution is 6.24. The molecule has 5 aliphatic carbocycles. The van der Waals surface area contributed by atoms with Crippen LogP contribution in [0.3, 0.4) is 0 Å². The Kier molecular flexibility index (Phi) is 6.52. The molecule has 8 nitrogen and oxygen atoms in total. The number of alkyl halides is 4. The summed E-state index contributed by atoms with van der Waals surface area (Å²) < 4.78 is 51.9. The van der Waals surface area contributed by atoms with Crippen molar-refractivity contribution < 1.29 is 52.8 Å². The van der Waals surface area contributed by atoms with E-state index in [1.165, 1.54) is 6.07 Å². The van der Waals surface area contributed by atoms with Gasteiger partial charge in [0, 0.05) is 23.0 Å². The van der Waals surface area contributed by atoms with Crippen LogP contribution < -0.4 is 4.74 Å². The topological polar surface area (TPSA) is 118 Å². The number of rotatable bonds is 6. The normalized spacial score (nSPS) is 47.8. The summed E-state index contributed by atoms with van der Waals surface area (Å²) >= 11 is 6.90. The second-order valence-corrected chi connectivity index (χ2v) is 12.6. The van der Waals surface area contributed by atoms with E-state index in [0.717, 1.165) is 19.3 Å². The van der Waals surface area contributed by atoms with E-state index >= 15 is 0 Å². The lowest BCUT2D eigenvalue weighted by molar-refractivity contribution is -0.650. The van der Waals surface area contributed by atoms with E-state index in [2.05, 4.69) is 0 Å². The van der Waals surface area contributed by atoms with Gasteiger partial charge in [-0.1, -0.05) is 12.1 Å². The van der Waals surface area contributed by atoms with E-state index in [-0.39, 0.29) is 29.6 Å². The second kappa shape index (κ2) is 9.17. The summed E-state index contributed by atoms with van der Waals surface area (Å²) in [5.41, 5.74) is -0.857. The Balaban J connectivity index is 1.33. The highest BCUT2D eigenvalue weighted by Crippen LogP contribution is 2.71. The van der Waals surface area contributed by atoms with Crippen LogP contribution in [0.15, 0.2) is 24.3 Å². The molecule has 0 amide bonds. The van der Waals surface area contributed by atoms with Crippen molar-refractivity contribution in [1.82, 2.24) is 0 Å². The van der Waals surface area contributed by atoms with E-state index in [9.17, 15) is 33.6 Å². The minimum atomic E-state index is -4.61. The van der Waals surface area contributed by atoms with E-state index < -0.39 is 66.0 Å². The smallest absolute Gasteiger partial charge is 0.411 e. The third-order valence-corrected chi connectivity index (χ3v) is 9.88. The summed E-state index contributed by atoms with van der Waals surface area (Å²) in [5, 5.41) is 40.4. The molecule has 6 fully saturated rings. The fourth-order valence-electron chi connectivity index (χ4n) is 7.96. The molecule has 0 radical (unpaired) electrons. The Morgan fingerprint density at radius 3 is 2.26 bits per heavy atom. The van der Waals surface area contributed by atoms with Crippen LogP contribution in [0.2, 0.25) is 0 Å². The number of hydrogen-bond acceptors (Lipinski definition) is 8. The van der Waals surface area contributed by atoms with Crippen molar-refractivity contribution >= 4 is 11.6 Å². The van der Waals surface area contributed by atoms with Crippen LogP contribution in [-0.2, 0) is 20.3 Å². The lowest BCUT2D eigenvalue weighted by Gasteiger charge is -2.70. The lowest BCUT2D eigenvalue weighted by atomic mass is 9.46. The lowest BCUT2D eigenvalue weighted by Crippen LogP contribution is -2.78. The molecule has 1 saturated heterocycles. The van der Waals surface area contributed by atoms with Gasteiger partial charge in [-0.05, 0) is 68.4 Å². The molecule has 38 heavy (non-hydrogen) atoms. The Morgan fingerprint density at radius 1 is 0.974 bits per heavy atom. The molecule has 212 valence electrons. The van der Waals surface area contributed by atoms with Crippen LogP contribution in [0.25, 0.3) is 0 Å². The standard InChI is InChI=1S/C26H32ClF3O8/c27-23-8-13-4-16(9-23)25(17(5-13)10-23)26(38-37-25,35-12-24(28,29)30)15-2-1-3-18(7-15)36-19-6-14(11-31)20(32)22(34)21(19)33/h1-3,7,13-14,16-17,19-22,31-34H,4-6,8-12H2. The van der Waals surface area contributed by atoms with Gasteiger partial charge in [-0.2, -0.15) is 18.1 Å². The Hall–Kier alpha value is -1.18.